The van der Waals surface area contributed by atoms with Crippen molar-refractivity contribution in [2.75, 3.05) is 38.7 Å². The number of carbonyl (C=O) groups is 1. The molecule has 0 fully saturated rings. The summed E-state index contributed by atoms with van der Waals surface area (Å²) in [5, 5.41) is 0.639. The van der Waals surface area contributed by atoms with E-state index in [0.717, 1.165) is 21.5 Å². The summed E-state index contributed by atoms with van der Waals surface area (Å²) in [4.78, 5) is 30.7. The van der Waals surface area contributed by atoms with Gasteiger partial charge in [-0.2, -0.15) is 0 Å². The number of fused-ring (bicyclic) bond motifs is 2. The van der Waals surface area contributed by atoms with E-state index in [0.29, 0.717) is 36.0 Å². The standard InChI is InChI=1S/C22H23N5O2S/c1-4-29-15-9-10-18-20(13-15)30-22(25-18)27(12-11-26(2)3)21(28)19-14-23-16-7-5-6-8-17(16)24-19/h5-10,13-14H,4,11-12H2,1-3H3. The first-order chi connectivity index (χ1) is 14.5. The van der Waals surface area contributed by atoms with Gasteiger partial charge in [0.1, 0.15) is 11.4 Å². The molecule has 0 saturated carbocycles. The third-order valence-corrected chi connectivity index (χ3v) is 5.62. The Kier molecular flexibility index (Phi) is 5.87. The molecule has 4 rings (SSSR count). The van der Waals surface area contributed by atoms with E-state index in [1.54, 1.807) is 4.90 Å². The van der Waals surface area contributed by atoms with Gasteiger partial charge in [-0.3, -0.25) is 14.7 Å². The number of anilines is 1. The highest BCUT2D eigenvalue weighted by atomic mass is 32.1. The lowest BCUT2D eigenvalue weighted by Crippen LogP contribution is -2.37. The fraction of sp³-hybridized carbons (Fsp3) is 0.273. The van der Waals surface area contributed by atoms with Gasteiger partial charge in [-0.25, -0.2) is 9.97 Å². The number of likely N-dealkylation sites (N-methyl/N-ethyl adjacent to an activating group) is 1. The summed E-state index contributed by atoms with van der Waals surface area (Å²) in [5.74, 6) is 0.589. The van der Waals surface area contributed by atoms with E-state index in [2.05, 4.69) is 9.97 Å². The first-order valence-electron chi connectivity index (χ1n) is 9.77. The molecule has 2 aromatic carbocycles. The molecule has 2 heterocycles. The Balaban J connectivity index is 1.71. The fourth-order valence-electron chi connectivity index (χ4n) is 3.05. The molecule has 0 aliphatic carbocycles. The Bertz CT molecular complexity index is 1190. The zero-order chi connectivity index (χ0) is 21.1. The molecule has 0 unspecified atom stereocenters. The molecule has 0 N–H and O–H groups in total. The predicted molar refractivity (Wildman–Crippen MR) is 121 cm³/mol. The molecule has 30 heavy (non-hydrogen) atoms. The van der Waals surface area contributed by atoms with Crippen LogP contribution in [0.4, 0.5) is 5.13 Å². The number of thiazole rings is 1. The van der Waals surface area contributed by atoms with Crippen molar-refractivity contribution in [3.63, 3.8) is 0 Å². The van der Waals surface area contributed by atoms with Gasteiger partial charge in [0, 0.05) is 13.1 Å². The van der Waals surface area contributed by atoms with Crippen LogP contribution in [0.3, 0.4) is 0 Å². The Morgan fingerprint density at radius 1 is 1.03 bits per heavy atom. The highest BCUT2D eigenvalue weighted by Crippen LogP contribution is 2.32. The summed E-state index contributed by atoms with van der Waals surface area (Å²) in [6.07, 6.45) is 1.54. The molecule has 0 atom stereocenters. The maximum Gasteiger partial charge on any atom is 0.280 e. The molecule has 2 aromatic heterocycles. The van der Waals surface area contributed by atoms with Gasteiger partial charge in [0.05, 0.1) is 34.1 Å². The number of nitrogens with zero attached hydrogens (tertiary/aromatic N) is 5. The second-order valence-corrected chi connectivity index (χ2v) is 8.07. The van der Waals surface area contributed by atoms with Crippen molar-refractivity contribution in [1.82, 2.24) is 19.9 Å². The van der Waals surface area contributed by atoms with Crippen molar-refractivity contribution in [2.45, 2.75) is 6.92 Å². The van der Waals surface area contributed by atoms with E-state index in [1.165, 1.54) is 17.5 Å². The Labute approximate surface area is 179 Å². The molecule has 4 aromatic rings. The average molecular weight is 422 g/mol. The van der Waals surface area contributed by atoms with E-state index in [9.17, 15) is 4.79 Å². The van der Waals surface area contributed by atoms with Crippen LogP contribution in [-0.4, -0.2) is 59.6 Å². The molecule has 0 aliphatic rings. The molecule has 0 spiro atoms. The SMILES string of the molecule is CCOc1ccc2nc(N(CCN(C)C)C(=O)c3cnc4ccccc4n3)sc2c1. The summed E-state index contributed by atoms with van der Waals surface area (Å²) in [6.45, 7) is 3.76. The topological polar surface area (TPSA) is 71.5 Å². The number of hydrogen-bond donors (Lipinski definition) is 0. The average Bonchev–Trinajstić information content (AvgIpc) is 3.16. The van der Waals surface area contributed by atoms with Crippen LogP contribution >= 0.6 is 11.3 Å². The molecule has 0 saturated heterocycles. The minimum Gasteiger partial charge on any atom is -0.494 e. The number of benzene rings is 2. The molecule has 7 nitrogen and oxygen atoms in total. The second kappa shape index (κ2) is 8.73. The monoisotopic (exact) mass is 421 g/mol. The number of carbonyl (C=O) groups excluding carboxylic acids is 1. The zero-order valence-electron chi connectivity index (χ0n) is 17.2. The van der Waals surface area contributed by atoms with Crippen molar-refractivity contribution in [3.8, 4) is 5.75 Å². The first-order valence-corrected chi connectivity index (χ1v) is 10.6. The highest BCUT2D eigenvalue weighted by molar-refractivity contribution is 7.22. The van der Waals surface area contributed by atoms with Gasteiger partial charge in [-0.05, 0) is 51.4 Å². The summed E-state index contributed by atoms with van der Waals surface area (Å²) in [5.41, 5.74) is 2.60. The van der Waals surface area contributed by atoms with Crippen LogP contribution in [0.5, 0.6) is 5.75 Å². The van der Waals surface area contributed by atoms with Gasteiger partial charge in [0.25, 0.3) is 5.91 Å². The molecule has 8 heteroatoms. The number of amides is 1. The van der Waals surface area contributed by atoms with E-state index in [4.69, 9.17) is 9.72 Å². The number of aromatic nitrogens is 3. The summed E-state index contributed by atoms with van der Waals surface area (Å²) < 4.78 is 6.57. The number of rotatable bonds is 7. The van der Waals surface area contributed by atoms with E-state index in [1.807, 2.05) is 68.4 Å². The van der Waals surface area contributed by atoms with Crippen LogP contribution in [0.2, 0.25) is 0 Å². The van der Waals surface area contributed by atoms with Crippen molar-refractivity contribution < 1.29 is 9.53 Å². The van der Waals surface area contributed by atoms with E-state index >= 15 is 0 Å². The summed E-state index contributed by atoms with van der Waals surface area (Å²) >= 11 is 1.47. The predicted octanol–water partition coefficient (Wildman–Crippen LogP) is 3.85. The van der Waals surface area contributed by atoms with Crippen molar-refractivity contribution in [3.05, 3.63) is 54.4 Å². The Morgan fingerprint density at radius 2 is 1.83 bits per heavy atom. The smallest absolute Gasteiger partial charge is 0.280 e. The van der Waals surface area contributed by atoms with Gasteiger partial charge < -0.3 is 9.64 Å². The maximum absolute atomic E-state index is 13.4. The lowest BCUT2D eigenvalue weighted by molar-refractivity contribution is 0.0980. The second-order valence-electron chi connectivity index (χ2n) is 7.06. The van der Waals surface area contributed by atoms with Crippen LogP contribution in [0.1, 0.15) is 17.4 Å². The first kappa shape index (κ1) is 20.2. The zero-order valence-corrected chi connectivity index (χ0v) is 18.0. The summed E-state index contributed by atoms with van der Waals surface area (Å²) in [6, 6.07) is 13.3. The quantitative estimate of drug-likeness (QED) is 0.451. The number of ether oxygens (including phenoxy) is 1. The van der Waals surface area contributed by atoms with E-state index in [-0.39, 0.29) is 5.91 Å². The van der Waals surface area contributed by atoms with Crippen molar-refractivity contribution in [1.29, 1.82) is 0 Å². The molecule has 0 radical (unpaired) electrons. The van der Waals surface area contributed by atoms with Crippen LogP contribution < -0.4 is 9.64 Å². The Morgan fingerprint density at radius 3 is 2.60 bits per heavy atom. The normalized spacial score (nSPS) is 11.3. The fourth-order valence-corrected chi connectivity index (χ4v) is 4.07. The van der Waals surface area contributed by atoms with Crippen LogP contribution in [-0.2, 0) is 0 Å². The van der Waals surface area contributed by atoms with Crippen molar-refractivity contribution in [2.24, 2.45) is 0 Å². The maximum atomic E-state index is 13.4. The highest BCUT2D eigenvalue weighted by Gasteiger charge is 2.23. The number of hydrogen-bond acceptors (Lipinski definition) is 7. The number of para-hydroxylation sites is 2. The molecule has 0 aliphatic heterocycles. The minimum atomic E-state index is -0.209. The molecular weight excluding hydrogens is 398 g/mol. The van der Waals surface area contributed by atoms with Crippen LogP contribution in [0.15, 0.2) is 48.7 Å². The van der Waals surface area contributed by atoms with Crippen LogP contribution in [0.25, 0.3) is 21.3 Å². The van der Waals surface area contributed by atoms with Gasteiger partial charge >= 0.3 is 0 Å². The summed E-state index contributed by atoms with van der Waals surface area (Å²) in [7, 11) is 3.95. The lowest BCUT2D eigenvalue weighted by Gasteiger charge is -2.21. The molecular formula is C22H23N5O2S. The van der Waals surface area contributed by atoms with Gasteiger partial charge in [-0.15, -0.1) is 0 Å². The molecule has 154 valence electrons. The lowest BCUT2D eigenvalue weighted by atomic mass is 10.3. The van der Waals surface area contributed by atoms with Gasteiger partial charge in [-0.1, -0.05) is 23.5 Å². The third-order valence-electron chi connectivity index (χ3n) is 4.57. The van der Waals surface area contributed by atoms with Gasteiger partial charge in [0.15, 0.2) is 5.13 Å². The minimum absolute atomic E-state index is 0.209. The van der Waals surface area contributed by atoms with Gasteiger partial charge in [0.2, 0.25) is 0 Å². The third kappa shape index (κ3) is 4.24. The van der Waals surface area contributed by atoms with Crippen molar-refractivity contribution >= 4 is 43.6 Å². The Hall–Kier alpha value is -3.10. The molecule has 1 amide bonds. The largest absolute Gasteiger partial charge is 0.494 e. The molecule has 0 bridgehead atoms. The van der Waals surface area contributed by atoms with Crippen LogP contribution in [0, 0.1) is 0 Å². The van der Waals surface area contributed by atoms with E-state index < -0.39 is 0 Å².